The molecule has 0 aliphatic rings. The van der Waals surface area contributed by atoms with Gasteiger partial charge in [-0.25, -0.2) is 0 Å². The number of nitrogen functional groups attached to an aromatic ring is 1. The summed E-state index contributed by atoms with van der Waals surface area (Å²) in [4.78, 5) is 7.71. The fourth-order valence-electron chi connectivity index (χ4n) is 3.69. The molecule has 0 saturated carbocycles. The third-order valence-electron chi connectivity index (χ3n) is 5.68. The molecular formula is C22H17N7O12S3. The van der Waals surface area contributed by atoms with Crippen molar-refractivity contribution in [2.75, 3.05) is 11.2 Å². The van der Waals surface area contributed by atoms with E-state index in [1.165, 1.54) is 12.1 Å². The first-order valence-electron chi connectivity index (χ1n) is 11.4. The molecule has 4 aromatic carbocycles. The van der Waals surface area contributed by atoms with Crippen LogP contribution in [-0.2, 0) is 30.4 Å². The molecule has 0 bridgehead atoms. The topological polar surface area (TPSA) is 314 Å². The van der Waals surface area contributed by atoms with Gasteiger partial charge in [0, 0.05) is 12.1 Å². The van der Waals surface area contributed by atoms with Crippen LogP contribution in [0.2, 0.25) is 0 Å². The molecule has 4 rings (SSSR count). The van der Waals surface area contributed by atoms with Gasteiger partial charge in [0.2, 0.25) is 0 Å². The number of hydrogen-bond donors (Lipinski definition) is 6. The van der Waals surface area contributed by atoms with Crippen molar-refractivity contribution in [3.8, 4) is 5.75 Å². The van der Waals surface area contributed by atoms with Gasteiger partial charge in [0.25, 0.3) is 36.0 Å². The number of hydrogen-bond acceptors (Lipinski definition) is 14. The molecule has 0 amide bonds. The highest BCUT2D eigenvalue weighted by Crippen LogP contribution is 2.48. The Hall–Kier alpha value is -5.13. The molecule has 0 aliphatic heterocycles. The van der Waals surface area contributed by atoms with Gasteiger partial charge in [-0.3, -0.25) is 29.2 Å². The van der Waals surface area contributed by atoms with E-state index < -0.39 is 83.5 Å². The zero-order chi connectivity index (χ0) is 32.6. The highest BCUT2D eigenvalue weighted by atomic mass is 32.2. The van der Waals surface area contributed by atoms with E-state index in [-0.39, 0.29) is 17.1 Å². The zero-order valence-electron chi connectivity index (χ0n) is 21.4. The van der Waals surface area contributed by atoms with Crippen LogP contribution < -0.4 is 11.2 Å². The van der Waals surface area contributed by atoms with E-state index >= 15 is 0 Å². The maximum Gasteiger partial charge on any atom is 0.296 e. The van der Waals surface area contributed by atoms with Crippen LogP contribution in [0.15, 0.2) is 95.9 Å². The molecule has 0 atom stereocenters. The Labute approximate surface area is 246 Å². The van der Waals surface area contributed by atoms with Gasteiger partial charge in [-0.1, -0.05) is 5.22 Å². The first kappa shape index (κ1) is 31.8. The quantitative estimate of drug-likeness (QED) is 0.0476. The minimum Gasteiger partial charge on any atom is -0.505 e. The second-order valence-electron chi connectivity index (χ2n) is 8.54. The fourth-order valence-corrected chi connectivity index (χ4v) is 5.50. The van der Waals surface area contributed by atoms with Gasteiger partial charge in [0.15, 0.2) is 11.4 Å². The molecule has 0 saturated heterocycles. The standard InChI is InChI=1S/C22H17N7O12S3/c23-19-18-11(9-16(43(36,37)38)20(19)26-24-12-1-5-14(6-2-12)29(31)32)10-17(44(39,40)41)21(22(18)30)27-28-25-13-3-7-15(8-4-13)42(33,34)35/h1-10,30H,23H2,(H,25,27)(H,33,34,35)(H,36,37,38)(H,39,40,41). The largest absolute Gasteiger partial charge is 0.505 e. The van der Waals surface area contributed by atoms with Gasteiger partial charge in [0.05, 0.1) is 32.3 Å². The summed E-state index contributed by atoms with van der Waals surface area (Å²) >= 11 is 0. The number of nitrogens with one attached hydrogen (secondary N) is 1. The molecule has 230 valence electrons. The summed E-state index contributed by atoms with van der Waals surface area (Å²) in [5.74, 6) is -1.03. The summed E-state index contributed by atoms with van der Waals surface area (Å²) in [5.41, 5.74) is 5.95. The Kier molecular flexibility index (Phi) is 8.32. The number of anilines is 2. The Bertz CT molecular complexity index is 2200. The molecule has 22 heteroatoms. The summed E-state index contributed by atoms with van der Waals surface area (Å²) in [6.07, 6.45) is 0. The van der Waals surface area contributed by atoms with Crippen LogP contribution in [0.25, 0.3) is 10.8 Å². The van der Waals surface area contributed by atoms with E-state index in [0.717, 1.165) is 36.4 Å². The van der Waals surface area contributed by atoms with E-state index in [1.807, 2.05) is 0 Å². The number of nitro benzene ring substituents is 1. The lowest BCUT2D eigenvalue weighted by Gasteiger charge is -2.14. The van der Waals surface area contributed by atoms with Gasteiger partial charge < -0.3 is 10.8 Å². The van der Waals surface area contributed by atoms with Crippen molar-refractivity contribution in [2.45, 2.75) is 14.7 Å². The molecule has 0 spiro atoms. The summed E-state index contributed by atoms with van der Waals surface area (Å²) in [5, 5.41) is 35.6. The summed E-state index contributed by atoms with van der Waals surface area (Å²) in [7, 11) is -14.8. The van der Waals surface area contributed by atoms with Crippen LogP contribution in [0.3, 0.4) is 0 Å². The van der Waals surface area contributed by atoms with Crippen molar-refractivity contribution in [3.63, 3.8) is 0 Å². The molecule has 19 nitrogen and oxygen atoms in total. The first-order chi connectivity index (χ1) is 20.4. The van der Waals surface area contributed by atoms with E-state index in [9.17, 15) is 49.6 Å². The predicted molar refractivity (Wildman–Crippen MR) is 151 cm³/mol. The van der Waals surface area contributed by atoms with Crippen LogP contribution in [-0.4, -0.2) is 48.9 Å². The van der Waals surface area contributed by atoms with Crippen molar-refractivity contribution in [3.05, 3.63) is 70.8 Å². The Balaban J connectivity index is 1.87. The van der Waals surface area contributed by atoms with Crippen LogP contribution in [0.5, 0.6) is 5.75 Å². The minimum atomic E-state index is -5.17. The number of nitrogens with two attached hydrogens (primary N) is 1. The monoisotopic (exact) mass is 667 g/mol. The van der Waals surface area contributed by atoms with Crippen LogP contribution in [0, 0.1) is 10.1 Å². The SMILES string of the molecule is Nc1c(N=Nc2ccc([N+](=O)[O-])cc2)c(S(=O)(=O)O)cc2cc(S(=O)(=O)O)c(N=NNc3ccc(S(=O)(=O)O)cc3)c(O)c12. The van der Waals surface area contributed by atoms with Gasteiger partial charge in [0.1, 0.15) is 15.5 Å². The summed E-state index contributed by atoms with van der Waals surface area (Å²) in [6.45, 7) is 0. The lowest BCUT2D eigenvalue weighted by molar-refractivity contribution is -0.384. The second kappa shape index (κ2) is 11.5. The van der Waals surface area contributed by atoms with Gasteiger partial charge >= 0.3 is 0 Å². The molecule has 7 N–H and O–H groups in total. The third kappa shape index (κ3) is 6.74. The van der Waals surface area contributed by atoms with E-state index in [4.69, 9.17) is 10.3 Å². The average Bonchev–Trinajstić information content (AvgIpc) is 2.92. The number of nitro groups is 1. The summed E-state index contributed by atoms with van der Waals surface area (Å²) < 4.78 is 99.6. The zero-order valence-corrected chi connectivity index (χ0v) is 23.8. The maximum absolute atomic E-state index is 12.2. The second-order valence-corrected chi connectivity index (χ2v) is 12.7. The number of phenolic OH excluding ortho intramolecular Hbond substituents is 1. The Morgan fingerprint density at radius 2 is 1.30 bits per heavy atom. The van der Waals surface area contributed by atoms with Gasteiger partial charge in [-0.15, -0.1) is 10.2 Å². The predicted octanol–water partition coefficient (Wildman–Crippen LogP) is 4.30. The lowest BCUT2D eigenvalue weighted by atomic mass is 10.1. The first-order valence-corrected chi connectivity index (χ1v) is 15.7. The third-order valence-corrected chi connectivity index (χ3v) is 8.28. The smallest absolute Gasteiger partial charge is 0.296 e. The number of rotatable bonds is 9. The van der Waals surface area contributed by atoms with Crippen molar-refractivity contribution < 1.29 is 48.9 Å². The number of aromatic hydroxyl groups is 1. The van der Waals surface area contributed by atoms with Crippen molar-refractivity contribution in [1.29, 1.82) is 0 Å². The average molecular weight is 668 g/mol. The number of non-ortho nitro benzene ring substituents is 1. The molecular weight excluding hydrogens is 650 g/mol. The number of nitrogens with zero attached hydrogens (tertiary/aromatic N) is 5. The molecule has 0 unspecified atom stereocenters. The molecule has 44 heavy (non-hydrogen) atoms. The Morgan fingerprint density at radius 3 is 1.80 bits per heavy atom. The molecule has 0 aromatic heterocycles. The van der Waals surface area contributed by atoms with Gasteiger partial charge in [-0.05, 0) is 53.9 Å². The molecule has 0 heterocycles. The van der Waals surface area contributed by atoms with E-state index in [1.54, 1.807) is 0 Å². The van der Waals surface area contributed by atoms with Gasteiger partial charge in [-0.2, -0.15) is 30.4 Å². The molecule has 0 radical (unpaired) electrons. The van der Waals surface area contributed by atoms with E-state index in [0.29, 0.717) is 12.1 Å². The van der Waals surface area contributed by atoms with Crippen LogP contribution in [0.1, 0.15) is 0 Å². The minimum absolute atomic E-state index is 0.00693. The lowest BCUT2D eigenvalue weighted by Crippen LogP contribution is -2.04. The van der Waals surface area contributed by atoms with Crippen molar-refractivity contribution >= 4 is 75.3 Å². The fraction of sp³-hybridized carbons (Fsp3) is 0. The van der Waals surface area contributed by atoms with Crippen molar-refractivity contribution in [1.82, 2.24) is 0 Å². The van der Waals surface area contributed by atoms with Crippen LogP contribution >= 0.6 is 0 Å². The molecule has 0 aliphatic carbocycles. The highest BCUT2D eigenvalue weighted by Gasteiger charge is 2.28. The molecule has 4 aromatic rings. The number of phenols is 1. The normalized spacial score (nSPS) is 12.7. The molecule has 0 fully saturated rings. The maximum atomic E-state index is 12.2. The van der Waals surface area contributed by atoms with E-state index in [2.05, 4.69) is 26.0 Å². The summed E-state index contributed by atoms with van der Waals surface area (Å²) in [6, 6.07) is 10.2. The van der Waals surface area contributed by atoms with Crippen molar-refractivity contribution in [2.24, 2.45) is 20.6 Å². The number of benzene rings is 4. The highest BCUT2D eigenvalue weighted by molar-refractivity contribution is 7.86. The number of fused-ring (bicyclic) bond motifs is 1. The Morgan fingerprint density at radius 1 is 0.750 bits per heavy atom. The number of azo groups is 1. The van der Waals surface area contributed by atoms with Crippen LogP contribution in [0.4, 0.5) is 34.1 Å².